The Morgan fingerprint density at radius 2 is 1.85 bits per heavy atom. The molecule has 1 fully saturated rings. The Balaban J connectivity index is 2.03. The number of amides is 2. The van der Waals surface area contributed by atoms with Gasteiger partial charge in [-0.1, -0.05) is 31.5 Å². The van der Waals surface area contributed by atoms with Crippen LogP contribution in [0.15, 0.2) is 29.2 Å². The number of carbonyl (C=O) groups is 2. The van der Waals surface area contributed by atoms with Gasteiger partial charge in [0, 0.05) is 6.54 Å². The lowest BCUT2D eigenvalue weighted by Gasteiger charge is -2.24. The third-order valence-corrected chi connectivity index (χ3v) is 6.43. The lowest BCUT2D eigenvalue weighted by molar-refractivity contribution is -0.131. The summed E-state index contributed by atoms with van der Waals surface area (Å²) in [6, 6.07) is 4.90. The second-order valence-corrected chi connectivity index (χ2v) is 9.19. The van der Waals surface area contributed by atoms with E-state index >= 15 is 0 Å². The van der Waals surface area contributed by atoms with Crippen LogP contribution in [0.2, 0.25) is 0 Å². The molecule has 0 bridgehead atoms. The first-order valence-corrected chi connectivity index (χ1v) is 10.5. The van der Waals surface area contributed by atoms with Gasteiger partial charge in [0.1, 0.15) is 6.04 Å². The van der Waals surface area contributed by atoms with E-state index in [1.54, 1.807) is 12.1 Å². The highest BCUT2D eigenvalue weighted by atomic mass is 32.2. The van der Waals surface area contributed by atoms with Gasteiger partial charge in [-0.05, 0) is 44.2 Å². The number of hydrazine groups is 1. The van der Waals surface area contributed by atoms with Crippen LogP contribution in [0.4, 0.5) is 0 Å². The molecule has 0 radical (unpaired) electrons. The molecule has 4 N–H and O–H groups in total. The molecule has 1 aromatic rings. The summed E-state index contributed by atoms with van der Waals surface area (Å²) in [5, 5.41) is 0. The summed E-state index contributed by atoms with van der Waals surface area (Å²) < 4.78 is 26.9. The van der Waals surface area contributed by atoms with Crippen molar-refractivity contribution < 1.29 is 18.0 Å². The minimum atomic E-state index is -3.79. The molecule has 1 aliphatic rings. The van der Waals surface area contributed by atoms with Gasteiger partial charge in [-0.15, -0.1) is 0 Å². The first kappa shape index (κ1) is 21.3. The monoisotopic (exact) mass is 396 g/mol. The molecule has 2 unspecified atom stereocenters. The largest absolute Gasteiger partial charge is 0.320 e. The molecule has 0 spiro atoms. The zero-order valence-electron chi connectivity index (χ0n) is 15.9. The van der Waals surface area contributed by atoms with E-state index in [4.69, 9.17) is 5.73 Å². The normalized spacial score (nSPS) is 19.1. The molecule has 150 valence electrons. The van der Waals surface area contributed by atoms with E-state index in [9.17, 15) is 18.0 Å². The summed E-state index contributed by atoms with van der Waals surface area (Å²) in [4.78, 5) is 24.6. The van der Waals surface area contributed by atoms with Crippen molar-refractivity contribution in [2.24, 2.45) is 11.7 Å². The Labute approximate surface area is 160 Å². The number of carbonyl (C=O) groups excluding carboxylic acids is 2. The molecular weight excluding hydrogens is 368 g/mol. The van der Waals surface area contributed by atoms with Crippen LogP contribution in [-0.4, -0.2) is 43.2 Å². The van der Waals surface area contributed by atoms with Gasteiger partial charge in [0.15, 0.2) is 0 Å². The highest BCUT2D eigenvalue weighted by Gasteiger charge is 2.39. The van der Waals surface area contributed by atoms with E-state index in [-0.39, 0.29) is 17.4 Å². The molecule has 8 nitrogen and oxygen atoms in total. The van der Waals surface area contributed by atoms with E-state index in [1.165, 1.54) is 16.4 Å². The van der Waals surface area contributed by atoms with Crippen molar-refractivity contribution >= 4 is 21.8 Å². The fraction of sp³-hybridized carbons (Fsp3) is 0.556. The predicted octanol–water partition coefficient (Wildman–Crippen LogP) is 0.669. The van der Waals surface area contributed by atoms with Crippen molar-refractivity contribution in [2.75, 3.05) is 6.54 Å². The summed E-state index contributed by atoms with van der Waals surface area (Å²) in [7, 11) is -3.79. The number of hydrogen-bond acceptors (Lipinski definition) is 5. The fourth-order valence-corrected chi connectivity index (χ4v) is 4.71. The summed E-state index contributed by atoms with van der Waals surface area (Å²) >= 11 is 0. The number of rotatable bonds is 6. The van der Waals surface area contributed by atoms with Gasteiger partial charge in [-0.3, -0.25) is 20.4 Å². The van der Waals surface area contributed by atoms with Crippen molar-refractivity contribution in [2.45, 2.75) is 57.0 Å². The van der Waals surface area contributed by atoms with Crippen LogP contribution >= 0.6 is 0 Å². The van der Waals surface area contributed by atoms with Crippen molar-refractivity contribution in [3.8, 4) is 0 Å². The summed E-state index contributed by atoms with van der Waals surface area (Å²) in [5.74, 6) is -0.817. The number of nitrogens with two attached hydrogens (primary N) is 1. The van der Waals surface area contributed by atoms with Gasteiger partial charge >= 0.3 is 0 Å². The SMILES string of the molecule is Cc1ccc(S(=O)(=O)N2CCCC2C(=O)NNC(=O)C(N)CC(C)C)cc1. The molecule has 1 aromatic carbocycles. The Kier molecular flexibility index (Phi) is 6.96. The highest BCUT2D eigenvalue weighted by Crippen LogP contribution is 2.26. The highest BCUT2D eigenvalue weighted by molar-refractivity contribution is 7.89. The maximum Gasteiger partial charge on any atom is 0.256 e. The maximum absolute atomic E-state index is 12.9. The molecule has 9 heteroatoms. The topological polar surface area (TPSA) is 122 Å². The van der Waals surface area contributed by atoms with Crippen LogP contribution < -0.4 is 16.6 Å². The summed E-state index contributed by atoms with van der Waals surface area (Å²) in [6.45, 7) is 6.01. The Morgan fingerprint density at radius 1 is 1.22 bits per heavy atom. The smallest absolute Gasteiger partial charge is 0.256 e. The lowest BCUT2D eigenvalue weighted by Crippen LogP contribution is -2.54. The van der Waals surface area contributed by atoms with Crippen LogP contribution in [0.5, 0.6) is 0 Å². The molecule has 2 rings (SSSR count). The minimum Gasteiger partial charge on any atom is -0.320 e. The maximum atomic E-state index is 12.9. The van der Waals surface area contributed by atoms with Crippen LogP contribution in [0, 0.1) is 12.8 Å². The standard InChI is InChI=1S/C18H28N4O4S/c1-12(2)11-15(19)17(23)20-21-18(24)16-5-4-10-22(16)27(25,26)14-8-6-13(3)7-9-14/h6-9,12,15-16H,4-5,10-11,19H2,1-3H3,(H,20,23)(H,21,24). The number of benzene rings is 1. The molecule has 0 aromatic heterocycles. The molecule has 1 saturated heterocycles. The van der Waals surface area contributed by atoms with Crippen LogP contribution in [-0.2, 0) is 19.6 Å². The van der Waals surface area contributed by atoms with E-state index in [2.05, 4.69) is 10.9 Å². The zero-order chi connectivity index (χ0) is 20.2. The third-order valence-electron chi connectivity index (χ3n) is 4.50. The fourth-order valence-electron chi connectivity index (χ4n) is 3.05. The Bertz CT molecular complexity index is 777. The van der Waals surface area contributed by atoms with Crippen LogP contribution in [0.25, 0.3) is 0 Å². The number of hydrogen-bond donors (Lipinski definition) is 3. The number of nitrogens with zero attached hydrogens (tertiary/aromatic N) is 1. The zero-order valence-corrected chi connectivity index (χ0v) is 16.8. The second kappa shape index (κ2) is 8.81. The van der Waals surface area contributed by atoms with Crippen LogP contribution in [0.1, 0.15) is 38.7 Å². The first-order chi connectivity index (χ1) is 12.6. The Hall–Kier alpha value is -1.97. The van der Waals surface area contributed by atoms with Crippen LogP contribution in [0.3, 0.4) is 0 Å². The number of aryl methyl sites for hydroxylation is 1. The van der Waals surface area contributed by atoms with Gasteiger partial charge < -0.3 is 5.73 Å². The molecule has 2 amide bonds. The van der Waals surface area contributed by atoms with Gasteiger partial charge in [0.25, 0.3) is 11.8 Å². The van der Waals surface area contributed by atoms with E-state index in [0.29, 0.717) is 19.3 Å². The third kappa shape index (κ3) is 5.27. The summed E-state index contributed by atoms with van der Waals surface area (Å²) in [6.07, 6.45) is 1.45. The van der Waals surface area contributed by atoms with Crippen molar-refractivity contribution in [3.63, 3.8) is 0 Å². The molecule has 2 atom stereocenters. The molecule has 0 saturated carbocycles. The van der Waals surface area contributed by atoms with E-state index in [0.717, 1.165) is 5.56 Å². The molecule has 1 aliphatic heterocycles. The molecular formula is C18H28N4O4S. The van der Waals surface area contributed by atoms with Crippen molar-refractivity contribution in [1.82, 2.24) is 15.2 Å². The minimum absolute atomic E-state index is 0.149. The van der Waals surface area contributed by atoms with Gasteiger partial charge in [0.2, 0.25) is 10.0 Å². The van der Waals surface area contributed by atoms with E-state index in [1.807, 2.05) is 20.8 Å². The number of sulfonamides is 1. The Morgan fingerprint density at radius 3 is 2.44 bits per heavy atom. The summed E-state index contributed by atoms with van der Waals surface area (Å²) in [5.41, 5.74) is 11.3. The van der Waals surface area contributed by atoms with Crippen molar-refractivity contribution in [1.29, 1.82) is 0 Å². The predicted molar refractivity (Wildman–Crippen MR) is 102 cm³/mol. The molecule has 0 aliphatic carbocycles. The number of nitrogens with one attached hydrogen (secondary N) is 2. The average Bonchev–Trinajstić information content (AvgIpc) is 3.09. The molecule has 27 heavy (non-hydrogen) atoms. The van der Waals surface area contributed by atoms with Gasteiger partial charge in [-0.25, -0.2) is 8.42 Å². The van der Waals surface area contributed by atoms with E-state index < -0.39 is 33.9 Å². The molecule has 1 heterocycles. The van der Waals surface area contributed by atoms with Gasteiger partial charge in [0.05, 0.1) is 10.9 Å². The first-order valence-electron chi connectivity index (χ1n) is 9.06. The lowest BCUT2D eigenvalue weighted by atomic mass is 10.0. The van der Waals surface area contributed by atoms with Crippen molar-refractivity contribution in [3.05, 3.63) is 29.8 Å². The second-order valence-electron chi connectivity index (χ2n) is 7.30. The average molecular weight is 397 g/mol. The van der Waals surface area contributed by atoms with Gasteiger partial charge in [-0.2, -0.15) is 4.31 Å². The quantitative estimate of drug-likeness (QED) is 0.610.